The summed E-state index contributed by atoms with van der Waals surface area (Å²) in [6.45, 7) is 1.93. The monoisotopic (exact) mass is 452 g/mol. The molecule has 0 saturated heterocycles. The van der Waals surface area contributed by atoms with Crippen LogP contribution in [0.15, 0.2) is 47.7 Å². The Hall–Kier alpha value is -2.97. The fourth-order valence-corrected chi connectivity index (χ4v) is 3.99. The highest BCUT2D eigenvalue weighted by atomic mass is 19.4. The molecule has 0 unspecified atom stereocenters. The molecule has 4 rings (SSSR count). The third-order valence-electron chi connectivity index (χ3n) is 5.79. The summed E-state index contributed by atoms with van der Waals surface area (Å²) in [5.74, 6) is -1.93. The lowest BCUT2D eigenvalue weighted by Gasteiger charge is -2.36. The molecule has 32 heavy (non-hydrogen) atoms. The topological polar surface area (TPSA) is 43.7 Å². The van der Waals surface area contributed by atoms with Crippen LogP contribution in [-0.2, 0) is 12.8 Å². The molecule has 170 valence electrons. The molecule has 0 bridgehead atoms. The molecule has 0 radical (unpaired) electrons. The number of allylic oxidation sites excluding steroid dienone is 1. The summed E-state index contributed by atoms with van der Waals surface area (Å²) in [5.41, 5.74) is 1.96. The van der Waals surface area contributed by atoms with Gasteiger partial charge in [-0.3, -0.25) is 9.98 Å². The smallest absolute Gasteiger partial charge is 0.417 e. The lowest BCUT2D eigenvalue weighted by molar-refractivity contribution is -0.137. The predicted molar refractivity (Wildman–Crippen MR) is 109 cm³/mol. The highest BCUT2D eigenvalue weighted by Gasteiger charge is 2.49. The first-order valence-electron chi connectivity index (χ1n) is 10.1. The molecule has 2 heterocycles. The van der Waals surface area contributed by atoms with Gasteiger partial charge >= 0.3 is 6.18 Å². The molecule has 0 N–H and O–H groups in total. The number of rotatable bonds is 6. The number of aromatic nitrogens is 1. The number of hydrogen-bond acceptors (Lipinski definition) is 4. The summed E-state index contributed by atoms with van der Waals surface area (Å²) < 4.78 is 75.6. The van der Waals surface area contributed by atoms with Crippen LogP contribution in [0.5, 0.6) is 11.5 Å². The van der Waals surface area contributed by atoms with Crippen molar-refractivity contribution in [1.29, 1.82) is 0 Å². The van der Waals surface area contributed by atoms with E-state index in [0.717, 1.165) is 29.1 Å². The third-order valence-corrected chi connectivity index (χ3v) is 5.79. The third kappa shape index (κ3) is 4.47. The maximum Gasteiger partial charge on any atom is 0.417 e. The van der Waals surface area contributed by atoms with E-state index in [0.29, 0.717) is 17.2 Å². The van der Waals surface area contributed by atoms with Gasteiger partial charge in [0.25, 0.3) is 0 Å². The lowest BCUT2D eigenvalue weighted by atomic mass is 9.73. The Bertz CT molecular complexity index is 1050. The first-order chi connectivity index (χ1) is 15.1. The van der Waals surface area contributed by atoms with Crippen LogP contribution < -0.4 is 9.47 Å². The van der Waals surface area contributed by atoms with Gasteiger partial charge < -0.3 is 9.47 Å². The van der Waals surface area contributed by atoms with E-state index in [4.69, 9.17) is 9.47 Å². The normalized spacial score (nSPS) is 20.4. The summed E-state index contributed by atoms with van der Waals surface area (Å²) in [5, 5.41) is 0. The van der Waals surface area contributed by atoms with Gasteiger partial charge in [-0.2, -0.15) is 13.2 Å². The maximum absolute atomic E-state index is 13.3. The van der Waals surface area contributed by atoms with Crippen molar-refractivity contribution in [3.63, 3.8) is 0 Å². The number of ether oxygens (including phenoxy) is 2. The Labute approximate surface area is 181 Å². The first kappa shape index (κ1) is 22.2. The predicted octanol–water partition coefficient (Wildman–Crippen LogP) is 6.16. The molecule has 4 nitrogen and oxygen atoms in total. The van der Waals surface area contributed by atoms with Crippen molar-refractivity contribution >= 4 is 11.3 Å². The molecular weight excluding hydrogens is 431 g/mol. The molecule has 2 aliphatic rings. The number of hydrogen-bond donors (Lipinski definition) is 0. The Balaban J connectivity index is 1.42. The van der Waals surface area contributed by atoms with Crippen molar-refractivity contribution in [3.8, 4) is 11.5 Å². The van der Waals surface area contributed by atoms with Crippen molar-refractivity contribution in [2.45, 2.75) is 38.5 Å². The number of nitrogens with zero attached hydrogens (tertiary/aromatic N) is 2. The van der Waals surface area contributed by atoms with Crippen LogP contribution in [0.1, 0.15) is 36.6 Å². The molecule has 2 aromatic rings. The zero-order valence-corrected chi connectivity index (χ0v) is 17.4. The number of benzene rings is 1. The highest BCUT2D eigenvalue weighted by molar-refractivity contribution is 6.03. The Morgan fingerprint density at radius 3 is 2.47 bits per heavy atom. The van der Waals surface area contributed by atoms with Gasteiger partial charge in [-0.1, -0.05) is 6.92 Å². The average Bonchev–Trinajstić information content (AvgIpc) is 3.10. The molecular formula is C23H21F5N2O2. The van der Waals surface area contributed by atoms with Crippen molar-refractivity contribution < 1.29 is 31.4 Å². The minimum atomic E-state index is -4.44. The van der Waals surface area contributed by atoms with Gasteiger partial charge in [0.15, 0.2) is 0 Å². The van der Waals surface area contributed by atoms with Gasteiger partial charge in [0.2, 0.25) is 5.92 Å². The fraction of sp³-hybridized carbons (Fsp3) is 0.391. The van der Waals surface area contributed by atoms with E-state index in [2.05, 4.69) is 9.98 Å². The molecule has 1 aliphatic carbocycles. The standard InChI is InChI=1S/C23H21F5N2O2/c1-13-19(11-30-21(13)14-8-22(24,25)9-14)18-6-5-17(7-20(18)31-2)32-12-16-4-3-15(10-29-16)23(26,27)28/h3-7,10-11,13-14H,8-9,12H2,1-2H3/t13-/m0/s1. The van der Waals surface area contributed by atoms with E-state index in [1.807, 2.05) is 6.92 Å². The van der Waals surface area contributed by atoms with Crippen LogP contribution in [0, 0.1) is 11.8 Å². The average molecular weight is 452 g/mol. The summed E-state index contributed by atoms with van der Waals surface area (Å²) in [6.07, 6.45) is -2.31. The second-order valence-electron chi connectivity index (χ2n) is 8.01. The lowest BCUT2D eigenvalue weighted by Crippen LogP contribution is -2.41. The second-order valence-corrected chi connectivity index (χ2v) is 8.01. The Morgan fingerprint density at radius 1 is 1.12 bits per heavy atom. The number of alkyl halides is 5. The van der Waals surface area contributed by atoms with Crippen molar-refractivity contribution in [2.75, 3.05) is 7.11 Å². The van der Waals surface area contributed by atoms with Gasteiger partial charge in [-0.15, -0.1) is 0 Å². The van der Waals surface area contributed by atoms with Crippen LogP contribution in [0.25, 0.3) is 5.57 Å². The van der Waals surface area contributed by atoms with Crippen LogP contribution in [0.2, 0.25) is 0 Å². The zero-order valence-electron chi connectivity index (χ0n) is 17.4. The van der Waals surface area contributed by atoms with Crippen LogP contribution >= 0.6 is 0 Å². The molecule has 1 atom stereocenters. The zero-order chi connectivity index (χ0) is 23.1. The summed E-state index contributed by atoms with van der Waals surface area (Å²) in [6, 6.07) is 7.40. The molecule has 0 spiro atoms. The quantitative estimate of drug-likeness (QED) is 0.493. The minimum Gasteiger partial charge on any atom is -0.496 e. The van der Waals surface area contributed by atoms with E-state index in [9.17, 15) is 22.0 Å². The van der Waals surface area contributed by atoms with Crippen molar-refractivity contribution in [1.82, 2.24) is 4.98 Å². The van der Waals surface area contributed by atoms with Crippen molar-refractivity contribution in [3.05, 3.63) is 59.5 Å². The van der Waals surface area contributed by atoms with Crippen molar-refractivity contribution in [2.24, 2.45) is 16.8 Å². The number of pyridine rings is 1. The van der Waals surface area contributed by atoms with E-state index in [-0.39, 0.29) is 31.3 Å². The van der Waals surface area contributed by atoms with E-state index in [1.54, 1.807) is 24.4 Å². The van der Waals surface area contributed by atoms with Crippen LogP contribution in [-0.4, -0.2) is 23.7 Å². The van der Waals surface area contributed by atoms with E-state index < -0.39 is 17.7 Å². The van der Waals surface area contributed by atoms with Gasteiger partial charge in [-0.05, 0) is 29.8 Å². The maximum atomic E-state index is 13.3. The molecule has 9 heteroatoms. The molecule has 1 aliphatic heterocycles. The summed E-state index contributed by atoms with van der Waals surface area (Å²) >= 11 is 0. The molecule has 1 aromatic heterocycles. The van der Waals surface area contributed by atoms with Crippen LogP contribution in [0.4, 0.5) is 22.0 Å². The van der Waals surface area contributed by atoms with Gasteiger partial charge in [0.1, 0.15) is 18.1 Å². The molecule has 1 aromatic carbocycles. The summed E-state index contributed by atoms with van der Waals surface area (Å²) in [4.78, 5) is 8.19. The largest absolute Gasteiger partial charge is 0.496 e. The van der Waals surface area contributed by atoms with Gasteiger partial charge in [-0.25, -0.2) is 8.78 Å². The van der Waals surface area contributed by atoms with Gasteiger partial charge in [0.05, 0.1) is 18.4 Å². The SMILES string of the molecule is COc1cc(OCc2ccc(C(F)(F)F)cn2)ccc1C1=CN=C(C2CC(F)(F)C2)[C@H]1C. The number of aliphatic imine (C=N–C) groups is 1. The first-order valence-corrected chi connectivity index (χ1v) is 10.1. The fourth-order valence-electron chi connectivity index (χ4n) is 3.99. The molecule has 0 amide bonds. The Kier molecular flexibility index (Phi) is 5.68. The van der Waals surface area contributed by atoms with Crippen LogP contribution in [0.3, 0.4) is 0 Å². The second kappa shape index (κ2) is 8.18. The number of halogens is 5. The minimum absolute atomic E-state index is 0.0110. The highest BCUT2D eigenvalue weighted by Crippen LogP contribution is 2.47. The Morgan fingerprint density at radius 2 is 1.88 bits per heavy atom. The molecule has 1 saturated carbocycles. The summed E-state index contributed by atoms with van der Waals surface area (Å²) in [7, 11) is 1.51. The van der Waals surface area contributed by atoms with E-state index in [1.165, 1.54) is 13.2 Å². The van der Waals surface area contributed by atoms with Gasteiger partial charge in [0, 0.05) is 54.4 Å². The number of methoxy groups -OCH3 is 1. The van der Waals surface area contributed by atoms with E-state index >= 15 is 0 Å². The molecule has 1 fully saturated rings.